The predicted octanol–water partition coefficient (Wildman–Crippen LogP) is 4.05. The highest BCUT2D eigenvalue weighted by atomic mass is 32.2. The summed E-state index contributed by atoms with van der Waals surface area (Å²) in [6.45, 7) is 1.77. The summed E-state index contributed by atoms with van der Waals surface area (Å²) < 4.78 is 83.5. The summed E-state index contributed by atoms with van der Waals surface area (Å²) >= 11 is 0. The van der Waals surface area contributed by atoms with Gasteiger partial charge in [0, 0.05) is 5.56 Å². The van der Waals surface area contributed by atoms with Crippen molar-refractivity contribution < 1.29 is 30.7 Å². The van der Waals surface area contributed by atoms with Crippen molar-refractivity contribution in [3.63, 3.8) is 0 Å². The predicted molar refractivity (Wildman–Crippen MR) is 85.9 cm³/mol. The lowest BCUT2D eigenvalue weighted by Crippen LogP contribution is -2.25. The van der Waals surface area contributed by atoms with E-state index in [-0.39, 0.29) is 4.90 Å². The SMILES string of the molecule is Cc1ccc(S(=O)(=O)C2N=COC2c2cc(C(F)(F)F)ccc2F)cc1. The number of halogens is 4. The fourth-order valence-electron chi connectivity index (χ4n) is 2.58. The van der Waals surface area contributed by atoms with Gasteiger partial charge in [-0.3, -0.25) is 0 Å². The number of nitrogens with zero attached hydrogens (tertiary/aromatic N) is 1. The molecule has 0 saturated carbocycles. The molecule has 0 amide bonds. The summed E-state index contributed by atoms with van der Waals surface area (Å²) in [4.78, 5) is 3.64. The van der Waals surface area contributed by atoms with Gasteiger partial charge in [0.15, 0.2) is 17.9 Å². The topological polar surface area (TPSA) is 55.7 Å². The van der Waals surface area contributed by atoms with Gasteiger partial charge in [0.25, 0.3) is 0 Å². The molecule has 2 aromatic rings. The molecule has 3 rings (SSSR count). The lowest BCUT2D eigenvalue weighted by atomic mass is 10.0. The fourth-order valence-corrected chi connectivity index (χ4v) is 4.12. The summed E-state index contributed by atoms with van der Waals surface area (Å²) in [5, 5.41) is -1.58. The first-order valence-electron chi connectivity index (χ1n) is 7.45. The van der Waals surface area contributed by atoms with E-state index in [1.54, 1.807) is 19.1 Å². The van der Waals surface area contributed by atoms with Crippen LogP contribution < -0.4 is 0 Å². The van der Waals surface area contributed by atoms with Crippen molar-refractivity contribution in [2.75, 3.05) is 0 Å². The number of ether oxygens (including phenoxy) is 1. The molecule has 2 unspecified atom stereocenters. The van der Waals surface area contributed by atoms with Gasteiger partial charge in [-0.25, -0.2) is 17.8 Å². The summed E-state index contributed by atoms with van der Waals surface area (Å²) in [6.07, 6.45) is -5.39. The molecule has 0 spiro atoms. The Kier molecular flexibility index (Phi) is 4.51. The first kappa shape index (κ1) is 18.4. The minimum atomic E-state index is -4.70. The van der Waals surface area contributed by atoms with Gasteiger partial charge in [0.2, 0.25) is 9.84 Å². The molecular formula is C17H13F4NO3S. The van der Waals surface area contributed by atoms with Crippen LogP contribution >= 0.6 is 0 Å². The molecule has 9 heteroatoms. The van der Waals surface area contributed by atoms with Crippen LogP contribution in [0.15, 0.2) is 52.4 Å². The Labute approximate surface area is 147 Å². The van der Waals surface area contributed by atoms with Crippen LogP contribution in [-0.4, -0.2) is 20.2 Å². The van der Waals surface area contributed by atoms with Crippen LogP contribution in [0.2, 0.25) is 0 Å². The molecule has 1 heterocycles. The Balaban J connectivity index is 2.03. The van der Waals surface area contributed by atoms with E-state index in [4.69, 9.17) is 4.74 Å². The van der Waals surface area contributed by atoms with Gasteiger partial charge in [-0.2, -0.15) is 13.2 Å². The average Bonchev–Trinajstić information content (AvgIpc) is 3.05. The van der Waals surface area contributed by atoms with Crippen LogP contribution in [-0.2, 0) is 20.8 Å². The molecule has 1 aliphatic rings. The Morgan fingerprint density at radius 3 is 2.35 bits per heavy atom. The Bertz CT molecular complexity index is 953. The highest BCUT2D eigenvalue weighted by molar-refractivity contribution is 7.92. The second-order valence-corrected chi connectivity index (χ2v) is 7.84. The zero-order valence-corrected chi connectivity index (χ0v) is 14.2. The van der Waals surface area contributed by atoms with Crippen LogP contribution in [0.4, 0.5) is 17.6 Å². The molecule has 0 bridgehead atoms. The maximum atomic E-state index is 14.1. The van der Waals surface area contributed by atoms with Crippen molar-refractivity contribution in [3.05, 3.63) is 65.0 Å². The maximum Gasteiger partial charge on any atom is 0.416 e. The van der Waals surface area contributed by atoms with Crippen molar-refractivity contribution in [1.29, 1.82) is 0 Å². The molecule has 138 valence electrons. The third kappa shape index (κ3) is 3.31. The largest absolute Gasteiger partial charge is 0.472 e. The second-order valence-electron chi connectivity index (χ2n) is 5.79. The molecule has 1 aliphatic heterocycles. The van der Waals surface area contributed by atoms with E-state index in [1.165, 1.54) is 12.1 Å². The van der Waals surface area contributed by atoms with Gasteiger partial charge in [-0.1, -0.05) is 17.7 Å². The number of rotatable bonds is 3. The minimum absolute atomic E-state index is 0.0758. The Morgan fingerprint density at radius 1 is 1.08 bits per heavy atom. The van der Waals surface area contributed by atoms with Gasteiger partial charge in [0.1, 0.15) is 5.82 Å². The molecule has 0 radical (unpaired) electrons. The number of alkyl halides is 3. The van der Waals surface area contributed by atoms with E-state index in [0.717, 1.165) is 12.0 Å². The van der Waals surface area contributed by atoms with Gasteiger partial charge in [-0.15, -0.1) is 0 Å². The lowest BCUT2D eigenvalue weighted by molar-refractivity contribution is -0.137. The number of hydrogen-bond acceptors (Lipinski definition) is 4. The van der Waals surface area contributed by atoms with Crippen LogP contribution in [0.5, 0.6) is 0 Å². The normalized spacial score (nSPS) is 20.2. The zero-order chi connectivity index (χ0) is 19.1. The van der Waals surface area contributed by atoms with Crippen LogP contribution in [0.25, 0.3) is 0 Å². The lowest BCUT2D eigenvalue weighted by Gasteiger charge is -2.20. The zero-order valence-electron chi connectivity index (χ0n) is 13.4. The first-order valence-corrected chi connectivity index (χ1v) is 8.99. The quantitative estimate of drug-likeness (QED) is 0.747. The van der Waals surface area contributed by atoms with E-state index in [0.29, 0.717) is 18.2 Å². The second kappa shape index (κ2) is 6.39. The van der Waals surface area contributed by atoms with Gasteiger partial charge < -0.3 is 4.74 Å². The Hall–Kier alpha value is -2.42. The van der Waals surface area contributed by atoms with Gasteiger partial charge in [0.05, 0.1) is 10.5 Å². The maximum absolute atomic E-state index is 14.1. The monoisotopic (exact) mass is 387 g/mol. The summed E-state index contributed by atoms with van der Waals surface area (Å²) in [5.74, 6) is -1.00. The molecule has 2 atom stereocenters. The molecular weight excluding hydrogens is 374 g/mol. The van der Waals surface area contributed by atoms with Crippen molar-refractivity contribution in [2.45, 2.75) is 29.5 Å². The average molecular weight is 387 g/mol. The summed E-state index contributed by atoms with van der Waals surface area (Å²) in [5.41, 5.74) is -0.788. The molecule has 26 heavy (non-hydrogen) atoms. The molecule has 4 nitrogen and oxygen atoms in total. The third-order valence-corrected chi connectivity index (χ3v) is 5.91. The van der Waals surface area contributed by atoms with E-state index < -0.39 is 44.4 Å². The minimum Gasteiger partial charge on any atom is -0.472 e. The number of hydrogen-bond donors (Lipinski definition) is 0. The molecule has 0 aromatic heterocycles. The molecule has 0 saturated heterocycles. The molecule has 0 aliphatic carbocycles. The number of benzene rings is 2. The highest BCUT2D eigenvalue weighted by Crippen LogP contribution is 2.38. The highest BCUT2D eigenvalue weighted by Gasteiger charge is 2.42. The van der Waals surface area contributed by atoms with Gasteiger partial charge >= 0.3 is 6.18 Å². The van der Waals surface area contributed by atoms with Crippen molar-refractivity contribution in [1.82, 2.24) is 0 Å². The van der Waals surface area contributed by atoms with Crippen molar-refractivity contribution in [2.24, 2.45) is 4.99 Å². The van der Waals surface area contributed by atoms with Crippen molar-refractivity contribution in [3.8, 4) is 0 Å². The van der Waals surface area contributed by atoms with E-state index in [2.05, 4.69) is 4.99 Å². The molecule has 0 N–H and O–H groups in total. The number of aliphatic imine (C=N–C) groups is 1. The van der Waals surface area contributed by atoms with E-state index >= 15 is 0 Å². The molecule has 0 fully saturated rings. The van der Waals surface area contributed by atoms with E-state index in [1.807, 2.05) is 0 Å². The third-order valence-electron chi connectivity index (χ3n) is 3.97. The standard InChI is InChI=1S/C17H13F4NO3S/c1-10-2-5-12(6-3-10)26(23,24)16-15(25-9-22-16)13-8-11(17(19,20)21)4-7-14(13)18/h2-9,15-16H,1H3. The number of aryl methyl sites for hydroxylation is 1. The Morgan fingerprint density at radius 2 is 1.73 bits per heavy atom. The van der Waals surface area contributed by atoms with Crippen LogP contribution in [0.3, 0.4) is 0 Å². The fraction of sp³-hybridized carbons (Fsp3) is 0.235. The summed E-state index contributed by atoms with van der Waals surface area (Å²) in [6, 6.07) is 7.63. The first-order chi connectivity index (χ1) is 12.1. The summed E-state index contributed by atoms with van der Waals surface area (Å²) in [7, 11) is -4.09. The van der Waals surface area contributed by atoms with Crippen LogP contribution in [0.1, 0.15) is 22.8 Å². The van der Waals surface area contributed by atoms with Crippen LogP contribution in [0, 0.1) is 12.7 Å². The van der Waals surface area contributed by atoms with Crippen molar-refractivity contribution >= 4 is 16.2 Å². The number of sulfone groups is 1. The van der Waals surface area contributed by atoms with Gasteiger partial charge in [-0.05, 0) is 37.3 Å². The van der Waals surface area contributed by atoms with E-state index in [9.17, 15) is 26.0 Å². The smallest absolute Gasteiger partial charge is 0.416 e. The molecule has 2 aromatic carbocycles.